The van der Waals surface area contributed by atoms with Gasteiger partial charge >= 0.3 is 0 Å². The van der Waals surface area contributed by atoms with Gasteiger partial charge in [0.15, 0.2) is 0 Å². The largest absolute Gasteiger partial charge is 0.313 e. The summed E-state index contributed by atoms with van der Waals surface area (Å²) in [6.45, 7) is 2.19. The number of rotatable bonds is 5. The lowest BCUT2D eigenvalue weighted by Crippen LogP contribution is -2.14. The monoisotopic (exact) mass is 258 g/mol. The average molecular weight is 258 g/mol. The van der Waals surface area contributed by atoms with Crippen LogP contribution in [0.5, 0.6) is 0 Å². The number of pyridine rings is 1. The van der Waals surface area contributed by atoms with Crippen LogP contribution in [0.1, 0.15) is 24.9 Å². The Morgan fingerprint density at radius 2 is 1.94 bits per heavy atom. The maximum Gasteiger partial charge on any atom is 0.101 e. The van der Waals surface area contributed by atoms with Gasteiger partial charge in [0.05, 0.1) is 0 Å². The van der Waals surface area contributed by atoms with E-state index in [-0.39, 0.29) is 0 Å². The summed E-state index contributed by atoms with van der Waals surface area (Å²) >= 11 is 1.69. The van der Waals surface area contributed by atoms with Crippen molar-refractivity contribution >= 4 is 11.8 Å². The standard InChI is InChI=1S/C15H18N2S/c1-3-14(16-2)12-7-9-13(10-8-12)18-15-6-4-5-11-17-15/h4-11,14,16H,3H2,1-2H3. The Bertz CT molecular complexity index is 464. The van der Waals surface area contributed by atoms with Crippen LogP contribution in [0.25, 0.3) is 0 Å². The van der Waals surface area contributed by atoms with Gasteiger partial charge in [-0.05, 0) is 43.3 Å². The molecule has 0 aliphatic heterocycles. The van der Waals surface area contributed by atoms with Crippen molar-refractivity contribution in [1.82, 2.24) is 10.3 Å². The first-order valence-electron chi connectivity index (χ1n) is 6.19. The second-order valence-electron chi connectivity index (χ2n) is 4.09. The number of aromatic nitrogens is 1. The summed E-state index contributed by atoms with van der Waals surface area (Å²) in [5.74, 6) is 0. The molecule has 94 valence electrons. The molecule has 1 aromatic carbocycles. The Hall–Kier alpha value is -1.32. The molecule has 0 spiro atoms. The minimum absolute atomic E-state index is 0.443. The fourth-order valence-corrected chi connectivity index (χ4v) is 2.68. The maximum absolute atomic E-state index is 4.31. The number of nitrogens with zero attached hydrogens (tertiary/aromatic N) is 1. The smallest absolute Gasteiger partial charge is 0.101 e. The van der Waals surface area contributed by atoms with E-state index in [0.29, 0.717) is 6.04 Å². The van der Waals surface area contributed by atoms with E-state index < -0.39 is 0 Å². The minimum atomic E-state index is 0.443. The molecule has 0 aliphatic carbocycles. The molecule has 2 rings (SSSR count). The van der Waals surface area contributed by atoms with Crippen LogP contribution in [-0.4, -0.2) is 12.0 Å². The molecule has 0 saturated carbocycles. The molecule has 0 amide bonds. The zero-order valence-electron chi connectivity index (χ0n) is 10.8. The van der Waals surface area contributed by atoms with E-state index in [0.717, 1.165) is 11.4 Å². The van der Waals surface area contributed by atoms with Crippen LogP contribution < -0.4 is 5.32 Å². The lowest BCUT2D eigenvalue weighted by molar-refractivity contribution is 0.576. The van der Waals surface area contributed by atoms with Crippen LogP contribution in [0.2, 0.25) is 0 Å². The van der Waals surface area contributed by atoms with Gasteiger partial charge in [0.25, 0.3) is 0 Å². The lowest BCUT2D eigenvalue weighted by Gasteiger charge is -2.14. The van der Waals surface area contributed by atoms with Crippen molar-refractivity contribution in [3.63, 3.8) is 0 Å². The maximum atomic E-state index is 4.31. The Labute approximate surface area is 113 Å². The van der Waals surface area contributed by atoms with Crippen LogP contribution in [0.4, 0.5) is 0 Å². The number of hydrogen-bond acceptors (Lipinski definition) is 3. The average Bonchev–Trinajstić information content (AvgIpc) is 2.43. The highest BCUT2D eigenvalue weighted by Crippen LogP contribution is 2.27. The van der Waals surface area contributed by atoms with E-state index in [2.05, 4.69) is 41.5 Å². The summed E-state index contributed by atoms with van der Waals surface area (Å²) in [5, 5.41) is 4.35. The third kappa shape index (κ3) is 3.34. The zero-order valence-corrected chi connectivity index (χ0v) is 11.6. The van der Waals surface area contributed by atoms with Gasteiger partial charge < -0.3 is 5.32 Å². The SMILES string of the molecule is CCC(NC)c1ccc(Sc2ccccn2)cc1. The minimum Gasteiger partial charge on any atom is -0.313 e. The van der Waals surface area contributed by atoms with Gasteiger partial charge in [-0.1, -0.05) is 36.9 Å². The van der Waals surface area contributed by atoms with Crippen molar-refractivity contribution in [2.75, 3.05) is 7.05 Å². The Morgan fingerprint density at radius 3 is 2.50 bits per heavy atom. The molecule has 0 saturated heterocycles. The van der Waals surface area contributed by atoms with Crippen molar-refractivity contribution in [3.05, 3.63) is 54.2 Å². The molecule has 1 atom stereocenters. The molecular weight excluding hydrogens is 240 g/mol. The fourth-order valence-electron chi connectivity index (χ4n) is 1.90. The molecule has 0 bridgehead atoms. The van der Waals surface area contributed by atoms with Crippen LogP contribution in [0, 0.1) is 0 Å². The highest BCUT2D eigenvalue weighted by molar-refractivity contribution is 7.99. The Kier molecular flexibility index (Phi) is 4.79. The predicted octanol–water partition coefficient (Wildman–Crippen LogP) is 3.90. The summed E-state index contributed by atoms with van der Waals surface area (Å²) in [7, 11) is 2.00. The van der Waals surface area contributed by atoms with E-state index in [1.165, 1.54) is 10.5 Å². The normalized spacial score (nSPS) is 12.3. The third-order valence-electron chi connectivity index (χ3n) is 2.90. The predicted molar refractivity (Wildman–Crippen MR) is 76.9 cm³/mol. The second-order valence-corrected chi connectivity index (χ2v) is 5.18. The summed E-state index contributed by atoms with van der Waals surface area (Å²) in [4.78, 5) is 5.54. The van der Waals surface area contributed by atoms with Gasteiger partial charge in [0.2, 0.25) is 0 Å². The fraction of sp³-hybridized carbons (Fsp3) is 0.267. The summed E-state index contributed by atoms with van der Waals surface area (Å²) in [6, 6.07) is 15.1. The van der Waals surface area contributed by atoms with E-state index >= 15 is 0 Å². The molecular formula is C15H18N2S. The molecule has 0 radical (unpaired) electrons. The first-order valence-corrected chi connectivity index (χ1v) is 7.01. The number of hydrogen-bond donors (Lipinski definition) is 1. The lowest BCUT2D eigenvalue weighted by atomic mass is 10.1. The van der Waals surface area contributed by atoms with Crippen LogP contribution in [-0.2, 0) is 0 Å². The molecule has 2 aromatic rings. The molecule has 1 aromatic heterocycles. The summed E-state index contributed by atoms with van der Waals surface area (Å²) < 4.78 is 0. The highest BCUT2D eigenvalue weighted by atomic mass is 32.2. The van der Waals surface area contributed by atoms with Gasteiger partial charge in [0.1, 0.15) is 5.03 Å². The molecule has 0 aliphatic rings. The molecule has 2 nitrogen and oxygen atoms in total. The topological polar surface area (TPSA) is 24.9 Å². The Balaban J connectivity index is 2.08. The third-order valence-corrected chi connectivity index (χ3v) is 3.86. The van der Waals surface area contributed by atoms with Crippen molar-refractivity contribution in [3.8, 4) is 0 Å². The van der Waals surface area contributed by atoms with Crippen LogP contribution in [0.3, 0.4) is 0 Å². The van der Waals surface area contributed by atoms with Gasteiger partial charge in [-0.2, -0.15) is 0 Å². The van der Waals surface area contributed by atoms with Crippen molar-refractivity contribution < 1.29 is 0 Å². The van der Waals surface area contributed by atoms with Crippen LogP contribution >= 0.6 is 11.8 Å². The molecule has 1 unspecified atom stereocenters. The van der Waals surface area contributed by atoms with Crippen LogP contribution in [0.15, 0.2) is 58.6 Å². The van der Waals surface area contributed by atoms with Crippen molar-refractivity contribution in [1.29, 1.82) is 0 Å². The van der Waals surface area contributed by atoms with E-state index in [1.54, 1.807) is 11.8 Å². The van der Waals surface area contributed by atoms with E-state index in [4.69, 9.17) is 0 Å². The molecule has 3 heteroatoms. The molecule has 18 heavy (non-hydrogen) atoms. The van der Waals surface area contributed by atoms with Crippen molar-refractivity contribution in [2.24, 2.45) is 0 Å². The summed E-state index contributed by atoms with van der Waals surface area (Å²) in [5.41, 5.74) is 1.34. The molecule has 1 heterocycles. The first kappa shape index (κ1) is 13.1. The molecule has 0 fully saturated rings. The number of nitrogens with one attached hydrogen (secondary N) is 1. The Morgan fingerprint density at radius 1 is 1.17 bits per heavy atom. The van der Waals surface area contributed by atoms with Gasteiger partial charge in [-0.3, -0.25) is 0 Å². The molecule has 1 N–H and O–H groups in total. The number of benzene rings is 1. The highest BCUT2D eigenvalue weighted by Gasteiger charge is 2.06. The second kappa shape index (κ2) is 6.57. The van der Waals surface area contributed by atoms with Gasteiger partial charge in [-0.15, -0.1) is 0 Å². The first-order chi connectivity index (χ1) is 8.83. The van der Waals surface area contributed by atoms with Gasteiger partial charge in [0, 0.05) is 17.1 Å². The van der Waals surface area contributed by atoms with Gasteiger partial charge in [-0.25, -0.2) is 4.98 Å². The quantitative estimate of drug-likeness (QED) is 0.880. The zero-order chi connectivity index (χ0) is 12.8. The van der Waals surface area contributed by atoms with Crippen molar-refractivity contribution in [2.45, 2.75) is 29.3 Å². The van der Waals surface area contributed by atoms with E-state index in [9.17, 15) is 0 Å². The summed E-state index contributed by atoms with van der Waals surface area (Å²) in [6.07, 6.45) is 2.92. The van der Waals surface area contributed by atoms with E-state index in [1.807, 2.05) is 31.4 Å².